The van der Waals surface area contributed by atoms with Gasteiger partial charge in [0.05, 0.1) is 0 Å². The van der Waals surface area contributed by atoms with Crippen LogP contribution in [0.1, 0.15) is 29.4 Å². The zero-order valence-corrected chi connectivity index (χ0v) is 22.8. The van der Waals surface area contributed by atoms with E-state index in [0.29, 0.717) is 5.69 Å². The predicted octanol–water partition coefficient (Wildman–Crippen LogP) is 5.49. The van der Waals surface area contributed by atoms with Crippen LogP contribution in [0.25, 0.3) is 32.4 Å². The molecule has 6 nitrogen and oxygen atoms in total. The normalized spacial score (nSPS) is 17.7. The van der Waals surface area contributed by atoms with Crippen LogP contribution in [0.3, 0.4) is 0 Å². The van der Waals surface area contributed by atoms with Crippen LogP contribution in [0.5, 0.6) is 0 Å². The number of amides is 4. The van der Waals surface area contributed by atoms with Crippen LogP contribution >= 0.6 is 0 Å². The van der Waals surface area contributed by atoms with Crippen molar-refractivity contribution >= 4 is 65.9 Å². The van der Waals surface area contributed by atoms with E-state index in [1.807, 2.05) is 6.07 Å². The van der Waals surface area contributed by atoms with E-state index in [9.17, 15) is 14.4 Å². The molecule has 1 fully saturated rings. The van der Waals surface area contributed by atoms with Gasteiger partial charge in [0.25, 0.3) is 0 Å². The molecule has 2 aromatic heterocycles. The van der Waals surface area contributed by atoms with Crippen molar-refractivity contribution in [3.63, 3.8) is 0 Å². The fraction of sp³-hybridized carbons (Fsp3) is 0.129. The Labute approximate surface area is 225 Å². The summed E-state index contributed by atoms with van der Waals surface area (Å²) in [6.45, 7) is 4.48. The summed E-state index contributed by atoms with van der Waals surface area (Å²) in [5, 5.41) is 2.45. The van der Waals surface area contributed by atoms with Crippen LogP contribution in [0.15, 0.2) is 84.4 Å². The van der Waals surface area contributed by atoms with Gasteiger partial charge in [0.15, 0.2) is 0 Å². The Kier molecular flexibility index (Phi) is 4.78. The van der Waals surface area contributed by atoms with Gasteiger partial charge < -0.3 is 0 Å². The Bertz CT molecular complexity index is 1880. The van der Waals surface area contributed by atoms with Gasteiger partial charge in [0.2, 0.25) is 0 Å². The number of anilines is 1. The Hall–Kier alpha value is -4.19. The number of likely N-dealkylation sites (N-methyl/N-ethyl adjacent to an activating group) is 1. The van der Waals surface area contributed by atoms with E-state index in [-0.39, 0.29) is 25.5 Å². The van der Waals surface area contributed by atoms with Crippen molar-refractivity contribution in [1.82, 2.24) is 9.47 Å². The van der Waals surface area contributed by atoms with Gasteiger partial charge >= 0.3 is 226 Å². The standard InChI is InChI=1S/C31H23N3O3Se/c1-31(2)23-14-9-13-21-20-12-7-8-15-25(20)34(26(21)23)29-24(31)17-19(38-29)16-22-27(35)32(3)30(37)33(28(22)36)18-10-5-4-6-11-18/h4-17H,1-3H3/b22-16+. The van der Waals surface area contributed by atoms with Gasteiger partial charge in [-0.05, 0) is 0 Å². The summed E-state index contributed by atoms with van der Waals surface area (Å²) in [5.41, 5.74) is 5.04. The molecular weight excluding hydrogens is 541 g/mol. The number of para-hydroxylation sites is 3. The van der Waals surface area contributed by atoms with Gasteiger partial charge in [-0.15, -0.1) is 0 Å². The average Bonchev–Trinajstić information content (AvgIpc) is 3.50. The third-order valence-electron chi connectivity index (χ3n) is 7.72. The summed E-state index contributed by atoms with van der Waals surface area (Å²) in [6, 6.07) is 25.2. The van der Waals surface area contributed by atoms with Crippen molar-refractivity contribution in [1.29, 1.82) is 0 Å². The van der Waals surface area contributed by atoms with Crippen molar-refractivity contribution in [3.8, 4) is 4.56 Å². The molecule has 7 rings (SSSR count). The first kappa shape index (κ1) is 23.0. The average molecular weight is 565 g/mol. The summed E-state index contributed by atoms with van der Waals surface area (Å²) in [6.07, 6.45) is 1.70. The molecule has 0 bridgehead atoms. The molecular formula is C31H23N3O3Se. The Morgan fingerprint density at radius 3 is 2.29 bits per heavy atom. The number of urea groups is 1. The number of hydrogen-bond donors (Lipinski definition) is 0. The number of nitrogens with zero attached hydrogens (tertiary/aromatic N) is 3. The van der Waals surface area contributed by atoms with Crippen molar-refractivity contribution in [3.05, 3.63) is 100 Å². The Balaban J connectivity index is 1.43. The molecule has 186 valence electrons. The van der Waals surface area contributed by atoms with E-state index in [2.05, 4.69) is 66.9 Å². The first-order valence-corrected chi connectivity index (χ1v) is 14.1. The number of carbonyl (C=O) groups excluding carboxylic acids is 3. The number of fused-ring (bicyclic) bond motifs is 5. The molecule has 0 N–H and O–H groups in total. The van der Waals surface area contributed by atoms with Gasteiger partial charge in [-0.1, -0.05) is 0 Å². The molecule has 7 heteroatoms. The molecule has 0 atom stereocenters. The first-order valence-electron chi connectivity index (χ1n) is 12.4. The van der Waals surface area contributed by atoms with Gasteiger partial charge in [-0.3, -0.25) is 0 Å². The van der Waals surface area contributed by atoms with E-state index in [1.165, 1.54) is 39.0 Å². The molecule has 4 heterocycles. The van der Waals surface area contributed by atoms with Gasteiger partial charge in [0, 0.05) is 0 Å². The number of aromatic nitrogens is 1. The molecule has 3 aromatic carbocycles. The third kappa shape index (κ3) is 2.97. The van der Waals surface area contributed by atoms with Gasteiger partial charge in [-0.25, -0.2) is 0 Å². The molecule has 0 aliphatic carbocycles. The van der Waals surface area contributed by atoms with Crippen LogP contribution in [-0.4, -0.2) is 48.9 Å². The van der Waals surface area contributed by atoms with E-state index in [0.717, 1.165) is 19.8 Å². The van der Waals surface area contributed by atoms with E-state index in [1.54, 1.807) is 30.3 Å². The second kappa shape index (κ2) is 7.90. The molecule has 2 aliphatic rings. The second-order valence-corrected chi connectivity index (χ2v) is 12.5. The number of imide groups is 2. The van der Waals surface area contributed by atoms with Gasteiger partial charge in [-0.2, -0.15) is 0 Å². The number of benzene rings is 3. The topological polar surface area (TPSA) is 62.6 Å². The molecule has 0 radical (unpaired) electrons. The van der Waals surface area contributed by atoms with Crippen LogP contribution < -0.4 is 4.90 Å². The fourth-order valence-corrected chi connectivity index (χ4v) is 8.44. The monoisotopic (exact) mass is 565 g/mol. The Morgan fingerprint density at radius 1 is 0.789 bits per heavy atom. The van der Waals surface area contributed by atoms with Crippen molar-refractivity contribution in [2.24, 2.45) is 0 Å². The fourth-order valence-electron chi connectivity index (χ4n) is 5.75. The van der Waals surface area contributed by atoms with E-state index < -0.39 is 17.8 Å². The quantitative estimate of drug-likeness (QED) is 0.162. The zero-order valence-electron chi connectivity index (χ0n) is 21.1. The van der Waals surface area contributed by atoms with Crippen molar-refractivity contribution in [2.75, 3.05) is 11.9 Å². The summed E-state index contributed by atoms with van der Waals surface area (Å²) in [5.74, 6) is -1.17. The molecule has 38 heavy (non-hydrogen) atoms. The predicted molar refractivity (Wildman–Crippen MR) is 150 cm³/mol. The van der Waals surface area contributed by atoms with Gasteiger partial charge in [0.1, 0.15) is 0 Å². The maximum atomic E-state index is 13.5. The van der Waals surface area contributed by atoms with Crippen molar-refractivity contribution in [2.45, 2.75) is 19.3 Å². The van der Waals surface area contributed by atoms with Crippen LogP contribution in [0, 0.1) is 0 Å². The van der Waals surface area contributed by atoms with Crippen LogP contribution in [0.2, 0.25) is 0 Å². The molecule has 1 saturated heterocycles. The molecule has 4 amide bonds. The maximum absolute atomic E-state index is 13.5. The molecule has 5 aromatic rings. The summed E-state index contributed by atoms with van der Waals surface area (Å²) < 4.78 is 4.53. The molecule has 2 aliphatic heterocycles. The van der Waals surface area contributed by atoms with Crippen LogP contribution in [0.4, 0.5) is 10.5 Å². The van der Waals surface area contributed by atoms with Crippen molar-refractivity contribution < 1.29 is 14.4 Å². The number of hydrogen-bond acceptors (Lipinski definition) is 3. The molecule has 0 unspecified atom stereocenters. The van der Waals surface area contributed by atoms with E-state index in [4.69, 9.17) is 0 Å². The summed E-state index contributed by atoms with van der Waals surface area (Å²) in [7, 11) is 1.42. The number of rotatable bonds is 2. The number of barbiturate groups is 1. The van der Waals surface area contributed by atoms with E-state index >= 15 is 0 Å². The summed E-state index contributed by atoms with van der Waals surface area (Å²) >= 11 is -0.153. The SMILES string of the molecule is CN1C(=O)/C(=C\c2cc3c([se]2)-n2c4ccccc4c4cccc(c42)C3(C)C)C(=O)N(c2ccccc2)C1=O. The minimum absolute atomic E-state index is 0.00163. The molecule has 0 saturated carbocycles. The first-order chi connectivity index (χ1) is 18.3. The second-order valence-electron chi connectivity index (χ2n) is 10.2. The Morgan fingerprint density at radius 2 is 1.50 bits per heavy atom. The molecule has 0 spiro atoms. The third-order valence-corrected chi connectivity index (χ3v) is 9.96. The van der Waals surface area contributed by atoms with Crippen LogP contribution in [-0.2, 0) is 15.0 Å². The zero-order chi connectivity index (χ0) is 26.3. The minimum atomic E-state index is -0.649. The number of carbonyl (C=O) groups is 3. The summed E-state index contributed by atoms with van der Waals surface area (Å²) in [4.78, 5) is 41.7.